The lowest BCUT2D eigenvalue weighted by molar-refractivity contribution is 0.291. The van der Waals surface area contributed by atoms with Gasteiger partial charge in [0, 0.05) is 11.6 Å². The largest absolute Gasteiger partial charge is 0.488 e. The lowest BCUT2D eigenvalue weighted by Crippen LogP contribution is -2.14. The van der Waals surface area contributed by atoms with Crippen LogP contribution in [0.3, 0.4) is 0 Å². The zero-order valence-electron chi connectivity index (χ0n) is 14.3. The molecule has 0 unspecified atom stereocenters. The van der Waals surface area contributed by atoms with Gasteiger partial charge < -0.3 is 4.74 Å². The van der Waals surface area contributed by atoms with Gasteiger partial charge in [0.25, 0.3) is 0 Å². The molecule has 0 bridgehead atoms. The van der Waals surface area contributed by atoms with Gasteiger partial charge in [0.15, 0.2) is 0 Å². The van der Waals surface area contributed by atoms with Gasteiger partial charge in [0.1, 0.15) is 23.5 Å². The van der Waals surface area contributed by atoms with Crippen LogP contribution >= 0.6 is 0 Å². The van der Waals surface area contributed by atoms with Crippen molar-refractivity contribution in [2.24, 2.45) is 0 Å². The quantitative estimate of drug-likeness (QED) is 0.507. The van der Waals surface area contributed by atoms with Crippen molar-refractivity contribution in [3.8, 4) is 28.2 Å². The highest BCUT2D eigenvalue weighted by Gasteiger charge is 2.36. The normalized spacial score (nSPS) is 13.0. The maximum atomic E-state index is 6.37. The highest BCUT2D eigenvalue weighted by Crippen LogP contribution is 2.43. The van der Waals surface area contributed by atoms with Crippen LogP contribution in [-0.2, 0) is 12.0 Å². The van der Waals surface area contributed by atoms with Crippen LogP contribution in [-0.4, -0.2) is 0 Å². The third-order valence-corrected chi connectivity index (χ3v) is 4.41. The molecule has 2 heterocycles. The van der Waals surface area contributed by atoms with Crippen LogP contribution in [0.4, 0.5) is 0 Å². The first-order valence-corrected chi connectivity index (χ1v) is 8.32. The number of fused-ring (bicyclic) bond motifs is 3. The lowest BCUT2D eigenvalue weighted by Gasteiger charge is -2.19. The van der Waals surface area contributed by atoms with Crippen molar-refractivity contribution in [1.82, 2.24) is 0 Å². The van der Waals surface area contributed by atoms with Gasteiger partial charge in [-0.05, 0) is 38.5 Å². The Morgan fingerprint density at radius 2 is 1.58 bits per heavy atom. The molecule has 1 aliphatic rings. The summed E-state index contributed by atoms with van der Waals surface area (Å²) < 4.78 is 12.4. The molecule has 1 aliphatic heterocycles. The van der Waals surface area contributed by atoms with Crippen molar-refractivity contribution in [1.29, 1.82) is 0 Å². The van der Waals surface area contributed by atoms with Crippen molar-refractivity contribution < 1.29 is 9.15 Å². The Morgan fingerprint density at radius 3 is 2.33 bits per heavy atom. The van der Waals surface area contributed by atoms with E-state index in [4.69, 9.17) is 9.15 Å². The lowest BCUT2D eigenvalue weighted by atomic mass is 9.88. The summed E-state index contributed by atoms with van der Waals surface area (Å²) in [4.78, 5) is 0. The summed E-state index contributed by atoms with van der Waals surface area (Å²) in [6.07, 6.45) is 0. The Balaban J connectivity index is 2.03. The molecule has 0 saturated carbocycles. The molecule has 0 fully saturated rings. The van der Waals surface area contributed by atoms with Crippen LogP contribution in [0.5, 0.6) is 5.75 Å². The van der Waals surface area contributed by atoms with Crippen molar-refractivity contribution in [3.63, 3.8) is 0 Å². The van der Waals surface area contributed by atoms with Crippen LogP contribution < -0.4 is 4.74 Å². The average Bonchev–Trinajstić information content (AvgIpc) is 2.60. The molecule has 0 spiro atoms. The van der Waals surface area contributed by atoms with E-state index in [1.54, 1.807) is 0 Å². The molecule has 0 atom stereocenters. The third-order valence-electron chi connectivity index (χ3n) is 4.41. The Morgan fingerprint density at radius 1 is 0.875 bits per heavy atom. The third kappa shape index (κ3) is 2.48. The van der Waals surface area contributed by atoms with Gasteiger partial charge in [-0.1, -0.05) is 42.5 Å². The molecule has 2 aromatic carbocycles. The maximum absolute atomic E-state index is 6.37. The fourth-order valence-electron chi connectivity index (χ4n) is 3.08. The van der Waals surface area contributed by atoms with Crippen LogP contribution in [0.1, 0.15) is 32.1 Å². The minimum atomic E-state index is -0.0637. The minimum Gasteiger partial charge on any atom is -0.488 e. The van der Waals surface area contributed by atoms with E-state index in [-0.39, 0.29) is 5.41 Å². The highest BCUT2D eigenvalue weighted by molar-refractivity contribution is 5.79. The van der Waals surface area contributed by atoms with Gasteiger partial charge in [-0.25, -0.2) is 4.42 Å². The molecule has 0 amide bonds. The summed E-state index contributed by atoms with van der Waals surface area (Å²) in [5.74, 6) is 2.80. The first-order valence-electron chi connectivity index (χ1n) is 8.32. The van der Waals surface area contributed by atoms with Crippen molar-refractivity contribution in [2.45, 2.75) is 32.8 Å². The van der Waals surface area contributed by atoms with Crippen LogP contribution in [0.15, 0.2) is 65.1 Å². The predicted molar refractivity (Wildman–Crippen MR) is 97.0 cm³/mol. The van der Waals surface area contributed by atoms with Gasteiger partial charge in [0.05, 0.1) is 5.41 Å². The Bertz CT molecular complexity index is 872. The smallest absolute Gasteiger partial charge is 0.371 e. The molecule has 2 nitrogen and oxygen atoms in total. The second-order valence-corrected chi connectivity index (χ2v) is 7.23. The monoisotopic (exact) mass is 317 g/mol. The molecule has 24 heavy (non-hydrogen) atoms. The van der Waals surface area contributed by atoms with E-state index in [2.05, 4.69) is 57.2 Å². The van der Waals surface area contributed by atoms with Gasteiger partial charge in [-0.2, -0.15) is 0 Å². The maximum Gasteiger partial charge on any atom is 0.371 e. The number of rotatable bonds is 1. The molecule has 0 saturated heterocycles. The average molecular weight is 317 g/mol. The van der Waals surface area contributed by atoms with Crippen LogP contribution in [0, 0.1) is 0 Å². The number of benzene rings is 2. The molecule has 1 aromatic heterocycles. The molecule has 4 rings (SSSR count). The topological polar surface area (TPSA) is 20.5 Å². The van der Waals surface area contributed by atoms with E-state index in [0.29, 0.717) is 6.61 Å². The summed E-state index contributed by atoms with van der Waals surface area (Å²) in [5, 5.41) is 0. The molecule has 0 radical (unpaired) electrons. The van der Waals surface area contributed by atoms with Crippen molar-refractivity contribution >= 4 is 0 Å². The fourth-order valence-corrected chi connectivity index (χ4v) is 3.08. The molecular formula is C22H21O2+. The summed E-state index contributed by atoms with van der Waals surface area (Å²) in [6, 6.07) is 20.7. The molecular weight excluding hydrogens is 296 g/mol. The molecule has 3 aromatic rings. The first kappa shape index (κ1) is 14.9. The highest BCUT2D eigenvalue weighted by atomic mass is 16.5. The van der Waals surface area contributed by atoms with Gasteiger partial charge in [0.2, 0.25) is 0 Å². The Kier molecular flexibility index (Phi) is 3.42. The zero-order valence-corrected chi connectivity index (χ0v) is 14.3. The minimum absolute atomic E-state index is 0.0637. The van der Waals surface area contributed by atoms with E-state index in [0.717, 1.165) is 28.4 Å². The van der Waals surface area contributed by atoms with E-state index >= 15 is 0 Å². The van der Waals surface area contributed by atoms with Gasteiger partial charge in [-0.15, -0.1) is 0 Å². The second-order valence-electron chi connectivity index (χ2n) is 7.23. The molecule has 2 heteroatoms. The summed E-state index contributed by atoms with van der Waals surface area (Å²) in [5.41, 5.74) is 4.47. The summed E-state index contributed by atoms with van der Waals surface area (Å²) in [6.45, 7) is 7.07. The second kappa shape index (κ2) is 5.48. The Hall–Kier alpha value is -2.61. The zero-order chi connectivity index (χ0) is 16.7. The van der Waals surface area contributed by atoms with Crippen LogP contribution in [0.25, 0.3) is 22.5 Å². The van der Waals surface area contributed by atoms with Gasteiger partial charge in [-0.3, -0.25) is 0 Å². The number of hydrogen-bond acceptors (Lipinski definition) is 1. The summed E-state index contributed by atoms with van der Waals surface area (Å²) in [7, 11) is 0. The summed E-state index contributed by atoms with van der Waals surface area (Å²) >= 11 is 0. The van der Waals surface area contributed by atoms with E-state index in [1.165, 1.54) is 11.1 Å². The molecule has 0 N–H and O–H groups in total. The SMILES string of the molecule is CC(C)(C)c1cc(-c2ccccc2)c2c([o+]1)-c1ccccc1OC2. The first-order chi connectivity index (χ1) is 11.5. The number of hydrogen-bond donors (Lipinski definition) is 0. The van der Waals surface area contributed by atoms with E-state index < -0.39 is 0 Å². The Labute approximate surface area is 142 Å². The van der Waals surface area contributed by atoms with E-state index in [9.17, 15) is 0 Å². The van der Waals surface area contributed by atoms with Gasteiger partial charge >= 0.3 is 11.5 Å². The van der Waals surface area contributed by atoms with Crippen molar-refractivity contribution in [2.75, 3.05) is 0 Å². The number of para-hydroxylation sites is 1. The van der Waals surface area contributed by atoms with Crippen LogP contribution in [0.2, 0.25) is 0 Å². The molecule has 120 valence electrons. The standard InChI is InChI=1S/C22H21O2/c1-22(2,3)20-13-17(15-9-5-4-6-10-15)18-14-23-19-12-8-7-11-16(19)21(18)24-20/h4-13H,14H2,1-3H3/q+1. The van der Waals surface area contributed by atoms with Crippen molar-refractivity contribution in [3.05, 3.63) is 72.0 Å². The molecule has 0 aliphatic carbocycles. The fraction of sp³-hybridized carbons (Fsp3) is 0.227. The predicted octanol–water partition coefficient (Wildman–Crippen LogP) is 6.08. The number of ether oxygens (including phenoxy) is 1. The van der Waals surface area contributed by atoms with E-state index in [1.807, 2.05) is 24.3 Å².